The highest BCUT2D eigenvalue weighted by molar-refractivity contribution is 5.89. The van der Waals surface area contributed by atoms with E-state index in [0.29, 0.717) is 18.6 Å². The Morgan fingerprint density at radius 1 is 1.13 bits per heavy atom. The van der Waals surface area contributed by atoms with Crippen LogP contribution in [0.1, 0.15) is 50.2 Å². The Balaban J connectivity index is 1.89. The summed E-state index contributed by atoms with van der Waals surface area (Å²) in [5.74, 6) is 0.811. The standard InChI is InChI=1S/C20H23NO2/c1-20(2)15-8-9-18(23)21(3)16(15)11-14-13-7-5-4-6-12(13)10-17(22)19(14)20/h4-7,14,19H,8-11H2,1-3H3/t14-,19+/m0/s1. The number of nitrogens with zero attached hydrogens (tertiary/aromatic N) is 1. The van der Waals surface area contributed by atoms with Crippen LogP contribution >= 0.6 is 0 Å². The number of hydrogen-bond donors (Lipinski definition) is 0. The van der Waals surface area contributed by atoms with Gasteiger partial charge < -0.3 is 4.90 Å². The van der Waals surface area contributed by atoms with Gasteiger partial charge in [-0.05, 0) is 35.0 Å². The largest absolute Gasteiger partial charge is 0.319 e. The van der Waals surface area contributed by atoms with Crippen molar-refractivity contribution in [3.05, 3.63) is 46.7 Å². The second-order valence-electron chi connectivity index (χ2n) is 7.73. The Bertz CT molecular complexity index is 744. The zero-order valence-electron chi connectivity index (χ0n) is 14.1. The summed E-state index contributed by atoms with van der Waals surface area (Å²) in [6.07, 6.45) is 2.75. The molecule has 3 nitrogen and oxygen atoms in total. The Hall–Kier alpha value is -1.90. The van der Waals surface area contributed by atoms with Crippen LogP contribution in [0.5, 0.6) is 0 Å². The van der Waals surface area contributed by atoms with Crippen LogP contribution in [0.15, 0.2) is 35.5 Å². The number of allylic oxidation sites excluding steroid dienone is 2. The smallest absolute Gasteiger partial charge is 0.226 e. The molecule has 0 aromatic heterocycles. The molecule has 1 aliphatic heterocycles. The highest BCUT2D eigenvalue weighted by Gasteiger charge is 2.51. The molecule has 4 rings (SSSR count). The van der Waals surface area contributed by atoms with Crippen LogP contribution < -0.4 is 0 Å². The molecule has 3 heteroatoms. The van der Waals surface area contributed by atoms with Crippen LogP contribution in [0.2, 0.25) is 0 Å². The summed E-state index contributed by atoms with van der Waals surface area (Å²) in [5.41, 5.74) is 4.80. The van der Waals surface area contributed by atoms with Crippen molar-refractivity contribution in [2.45, 2.75) is 45.4 Å². The van der Waals surface area contributed by atoms with E-state index in [2.05, 4.69) is 32.0 Å². The van der Waals surface area contributed by atoms with Gasteiger partial charge in [-0.15, -0.1) is 0 Å². The van der Waals surface area contributed by atoms with E-state index < -0.39 is 0 Å². The van der Waals surface area contributed by atoms with Crippen LogP contribution in [0.4, 0.5) is 0 Å². The van der Waals surface area contributed by atoms with E-state index in [9.17, 15) is 9.59 Å². The molecule has 0 saturated carbocycles. The predicted molar refractivity (Wildman–Crippen MR) is 88.8 cm³/mol. The SMILES string of the molecule is CN1C(=O)CCC2=C1C[C@H]1c3ccccc3CC(=O)[C@@H]1C2(C)C. The number of amides is 1. The van der Waals surface area contributed by atoms with Gasteiger partial charge in [0.05, 0.1) is 0 Å². The van der Waals surface area contributed by atoms with Gasteiger partial charge in [-0.25, -0.2) is 0 Å². The van der Waals surface area contributed by atoms with E-state index in [1.165, 1.54) is 16.7 Å². The van der Waals surface area contributed by atoms with Crippen LogP contribution in [-0.2, 0) is 16.0 Å². The van der Waals surface area contributed by atoms with Crippen molar-refractivity contribution in [2.75, 3.05) is 7.05 Å². The van der Waals surface area contributed by atoms with Gasteiger partial charge in [0, 0.05) is 37.4 Å². The number of carbonyl (C=O) groups excluding carboxylic acids is 2. The zero-order chi connectivity index (χ0) is 16.4. The van der Waals surface area contributed by atoms with Gasteiger partial charge in [0.2, 0.25) is 5.91 Å². The number of fused-ring (bicyclic) bond motifs is 3. The Kier molecular flexibility index (Phi) is 3.06. The van der Waals surface area contributed by atoms with Crippen molar-refractivity contribution in [1.29, 1.82) is 0 Å². The molecule has 0 spiro atoms. The van der Waals surface area contributed by atoms with E-state index >= 15 is 0 Å². The highest BCUT2D eigenvalue weighted by Crippen LogP contribution is 2.56. The summed E-state index contributed by atoms with van der Waals surface area (Å²) in [7, 11) is 1.89. The molecule has 120 valence electrons. The van der Waals surface area contributed by atoms with E-state index in [1.54, 1.807) is 0 Å². The van der Waals surface area contributed by atoms with Crippen molar-refractivity contribution in [1.82, 2.24) is 4.90 Å². The maximum absolute atomic E-state index is 12.9. The van der Waals surface area contributed by atoms with E-state index in [0.717, 1.165) is 18.5 Å². The first-order chi connectivity index (χ1) is 10.9. The molecule has 2 aliphatic carbocycles. The molecule has 23 heavy (non-hydrogen) atoms. The van der Waals surface area contributed by atoms with Crippen LogP contribution in [0, 0.1) is 11.3 Å². The molecule has 1 aromatic carbocycles. The van der Waals surface area contributed by atoms with E-state index in [-0.39, 0.29) is 23.2 Å². The first kappa shape index (κ1) is 14.7. The summed E-state index contributed by atoms with van der Waals surface area (Å²) < 4.78 is 0. The fraction of sp³-hybridized carbons (Fsp3) is 0.500. The lowest BCUT2D eigenvalue weighted by atomic mass is 9.55. The normalized spacial score (nSPS) is 29.1. The number of Topliss-reactive ketones (excluding diaryl/α,β-unsaturated/α-hetero) is 1. The van der Waals surface area contributed by atoms with Crippen molar-refractivity contribution in [2.24, 2.45) is 11.3 Å². The minimum Gasteiger partial charge on any atom is -0.319 e. The molecule has 1 amide bonds. The van der Waals surface area contributed by atoms with Gasteiger partial charge in [-0.1, -0.05) is 38.1 Å². The summed E-state index contributed by atoms with van der Waals surface area (Å²) in [6, 6.07) is 8.33. The predicted octanol–water partition coefficient (Wildman–Crippen LogP) is 3.45. The molecule has 1 heterocycles. The first-order valence-electron chi connectivity index (χ1n) is 8.51. The average molecular weight is 309 g/mol. The number of carbonyl (C=O) groups is 2. The van der Waals surface area contributed by atoms with Gasteiger partial charge in [0.25, 0.3) is 0 Å². The fourth-order valence-corrected chi connectivity index (χ4v) is 5.14. The van der Waals surface area contributed by atoms with E-state index in [1.807, 2.05) is 18.0 Å². The van der Waals surface area contributed by atoms with Gasteiger partial charge in [0.1, 0.15) is 5.78 Å². The molecule has 0 unspecified atom stereocenters. The topological polar surface area (TPSA) is 37.4 Å². The Morgan fingerprint density at radius 2 is 1.87 bits per heavy atom. The number of ketones is 1. The van der Waals surface area contributed by atoms with Crippen molar-refractivity contribution < 1.29 is 9.59 Å². The average Bonchev–Trinajstić information content (AvgIpc) is 2.50. The fourth-order valence-electron chi connectivity index (χ4n) is 5.14. The van der Waals surface area contributed by atoms with Gasteiger partial charge in [0.15, 0.2) is 0 Å². The second kappa shape index (κ2) is 4.80. The third-order valence-electron chi connectivity index (χ3n) is 6.25. The van der Waals surface area contributed by atoms with E-state index in [4.69, 9.17) is 0 Å². The maximum atomic E-state index is 12.9. The Morgan fingerprint density at radius 3 is 2.65 bits per heavy atom. The second-order valence-corrected chi connectivity index (χ2v) is 7.73. The molecule has 0 radical (unpaired) electrons. The monoisotopic (exact) mass is 309 g/mol. The number of benzene rings is 1. The molecular formula is C20H23NO2. The summed E-state index contributed by atoms with van der Waals surface area (Å²) in [4.78, 5) is 26.9. The van der Waals surface area contributed by atoms with Crippen molar-refractivity contribution >= 4 is 11.7 Å². The molecule has 2 atom stereocenters. The number of rotatable bonds is 0. The minimum absolute atomic E-state index is 0.0396. The molecule has 0 saturated heterocycles. The number of hydrogen-bond acceptors (Lipinski definition) is 2. The quantitative estimate of drug-likeness (QED) is 0.736. The van der Waals surface area contributed by atoms with Gasteiger partial charge in [-0.3, -0.25) is 9.59 Å². The molecular weight excluding hydrogens is 286 g/mol. The lowest BCUT2D eigenvalue weighted by molar-refractivity contribution is -0.130. The first-order valence-corrected chi connectivity index (χ1v) is 8.51. The van der Waals surface area contributed by atoms with Crippen LogP contribution in [0.25, 0.3) is 0 Å². The van der Waals surface area contributed by atoms with Crippen molar-refractivity contribution in [3.8, 4) is 0 Å². The summed E-state index contributed by atoms with van der Waals surface area (Å²) in [5, 5.41) is 0. The van der Waals surface area contributed by atoms with Crippen LogP contribution in [-0.4, -0.2) is 23.6 Å². The summed E-state index contributed by atoms with van der Waals surface area (Å²) in [6.45, 7) is 4.41. The Labute approximate surface area is 137 Å². The highest BCUT2D eigenvalue weighted by atomic mass is 16.2. The third kappa shape index (κ3) is 1.95. The lowest BCUT2D eigenvalue weighted by Gasteiger charge is -2.51. The molecule has 0 fully saturated rings. The minimum atomic E-state index is -0.169. The molecule has 1 aromatic rings. The summed E-state index contributed by atoms with van der Waals surface area (Å²) >= 11 is 0. The molecule has 0 bridgehead atoms. The lowest BCUT2D eigenvalue weighted by Crippen LogP contribution is -2.48. The third-order valence-corrected chi connectivity index (χ3v) is 6.25. The van der Waals surface area contributed by atoms with Gasteiger partial charge in [-0.2, -0.15) is 0 Å². The van der Waals surface area contributed by atoms with Crippen LogP contribution in [0.3, 0.4) is 0 Å². The maximum Gasteiger partial charge on any atom is 0.226 e. The zero-order valence-corrected chi connectivity index (χ0v) is 14.1. The van der Waals surface area contributed by atoms with Gasteiger partial charge >= 0.3 is 0 Å². The van der Waals surface area contributed by atoms with Crippen molar-refractivity contribution in [3.63, 3.8) is 0 Å². The molecule has 3 aliphatic rings. The molecule has 0 N–H and O–H groups in total.